The van der Waals surface area contributed by atoms with Gasteiger partial charge in [0.15, 0.2) is 5.78 Å². The number of phenols is 1. The Balaban J connectivity index is 1.67. The molecule has 0 aliphatic carbocycles. The van der Waals surface area contributed by atoms with Gasteiger partial charge in [-0.05, 0) is 42.5 Å². The van der Waals surface area contributed by atoms with Crippen LogP contribution >= 0.6 is 0 Å². The molecule has 0 saturated carbocycles. The van der Waals surface area contributed by atoms with E-state index in [0.29, 0.717) is 22.4 Å². The number of phenolic OH excluding ortho intramolecular Hbond substituents is 1. The van der Waals surface area contributed by atoms with E-state index in [2.05, 4.69) is 22.1 Å². The SMILES string of the molecule is C=CC(=O)c1ccccc1C(=O)Nc1ccc(O)c(-n2nc3ccccc3n2)c1. The molecule has 29 heavy (non-hydrogen) atoms. The first kappa shape index (κ1) is 18.1. The predicted octanol–water partition coefficient (Wildman–Crippen LogP) is 3.75. The Morgan fingerprint density at radius 3 is 2.21 bits per heavy atom. The summed E-state index contributed by atoms with van der Waals surface area (Å²) in [7, 11) is 0. The summed E-state index contributed by atoms with van der Waals surface area (Å²) in [6, 6.07) is 18.4. The monoisotopic (exact) mass is 384 g/mol. The molecule has 1 heterocycles. The normalized spacial score (nSPS) is 10.6. The van der Waals surface area contributed by atoms with Gasteiger partial charge >= 0.3 is 0 Å². The summed E-state index contributed by atoms with van der Waals surface area (Å²) < 4.78 is 0. The number of ketones is 1. The molecule has 0 aliphatic heterocycles. The highest BCUT2D eigenvalue weighted by atomic mass is 16.3. The maximum Gasteiger partial charge on any atom is 0.256 e. The Morgan fingerprint density at radius 1 is 0.931 bits per heavy atom. The second kappa shape index (κ2) is 7.40. The van der Waals surface area contributed by atoms with Gasteiger partial charge in [0.1, 0.15) is 22.5 Å². The van der Waals surface area contributed by atoms with E-state index in [0.717, 1.165) is 0 Å². The van der Waals surface area contributed by atoms with Gasteiger partial charge in [0.05, 0.1) is 5.56 Å². The van der Waals surface area contributed by atoms with E-state index in [1.165, 1.54) is 16.9 Å². The summed E-state index contributed by atoms with van der Waals surface area (Å²) in [5.41, 5.74) is 2.59. The van der Waals surface area contributed by atoms with Crippen LogP contribution in [0.15, 0.2) is 79.4 Å². The maximum atomic E-state index is 12.7. The summed E-state index contributed by atoms with van der Waals surface area (Å²) in [5.74, 6) is -0.828. The highest BCUT2D eigenvalue weighted by Crippen LogP contribution is 2.26. The second-order valence-corrected chi connectivity index (χ2v) is 6.25. The van der Waals surface area contributed by atoms with Crippen molar-refractivity contribution in [2.75, 3.05) is 5.32 Å². The molecule has 0 unspecified atom stereocenters. The molecule has 2 N–H and O–H groups in total. The third-order valence-corrected chi connectivity index (χ3v) is 4.36. The minimum atomic E-state index is -0.453. The Labute approximate surface area is 165 Å². The average Bonchev–Trinajstić information content (AvgIpc) is 3.18. The van der Waals surface area contributed by atoms with Gasteiger partial charge in [-0.15, -0.1) is 15.0 Å². The van der Waals surface area contributed by atoms with Crippen molar-refractivity contribution in [2.24, 2.45) is 0 Å². The number of aromatic hydroxyl groups is 1. The molecule has 0 aliphatic rings. The number of aromatic nitrogens is 3. The van der Waals surface area contributed by atoms with Gasteiger partial charge in [-0.2, -0.15) is 0 Å². The number of benzene rings is 3. The first-order valence-corrected chi connectivity index (χ1v) is 8.79. The fourth-order valence-electron chi connectivity index (χ4n) is 2.93. The summed E-state index contributed by atoms with van der Waals surface area (Å²) in [6.07, 6.45) is 1.17. The quantitative estimate of drug-likeness (QED) is 0.310. The number of rotatable bonds is 5. The van der Waals surface area contributed by atoms with Crippen LogP contribution in [0.4, 0.5) is 5.69 Å². The lowest BCUT2D eigenvalue weighted by Crippen LogP contribution is -2.16. The largest absolute Gasteiger partial charge is 0.506 e. The van der Waals surface area contributed by atoms with Crippen LogP contribution in [-0.4, -0.2) is 31.8 Å². The highest BCUT2D eigenvalue weighted by molar-refractivity contribution is 6.15. The Kier molecular flexibility index (Phi) is 4.62. The number of nitrogens with zero attached hydrogens (tertiary/aromatic N) is 3. The van der Waals surface area contributed by atoms with Crippen LogP contribution in [0.1, 0.15) is 20.7 Å². The van der Waals surface area contributed by atoms with Gasteiger partial charge in [0.25, 0.3) is 5.91 Å². The summed E-state index contributed by atoms with van der Waals surface area (Å²) in [4.78, 5) is 26.1. The molecular weight excluding hydrogens is 368 g/mol. The average molecular weight is 384 g/mol. The van der Waals surface area contributed by atoms with E-state index in [-0.39, 0.29) is 22.7 Å². The van der Waals surface area contributed by atoms with Crippen LogP contribution in [0.2, 0.25) is 0 Å². The second-order valence-electron chi connectivity index (χ2n) is 6.25. The Bertz CT molecular complexity index is 1230. The van der Waals surface area contributed by atoms with Crippen LogP contribution in [0, 0.1) is 0 Å². The lowest BCUT2D eigenvalue weighted by molar-refractivity contribution is 0.0999. The summed E-state index contributed by atoms with van der Waals surface area (Å²) >= 11 is 0. The van der Waals surface area contributed by atoms with Gasteiger partial charge in [-0.1, -0.05) is 36.9 Å². The molecule has 0 fully saturated rings. The minimum Gasteiger partial charge on any atom is -0.506 e. The molecule has 0 spiro atoms. The van der Waals surface area contributed by atoms with E-state index in [1.807, 2.05) is 24.3 Å². The van der Waals surface area contributed by atoms with E-state index in [9.17, 15) is 14.7 Å². The van der Waals surface area contributed by atoms with Crippen LogP contribution in [0.5, 0.6) is 5.75 Å². The zero-order chi connectivity index (χ0) is 20.4. The minimum absolute atomic E-state index is 0.0365. The number of carbonyl (C=O) groups excluding carboxylic acids is 2. The van der Waals surface area contributed by atoms with Crippen LogP contribution < -0.4 is 5.32 Å². The molecule has 1 aromatic heterocycles. The summed E-state index contributed by atoms with van der Waals surface area (Å²) in [5, 5.41) is 21.7. The van der Waals surface area contributed by atoms with Crippen molar-refractivity contribution in [3.8, 4) is 11.4 Å². The maximum absolute atomic E-state index is 12.7. The smallest absolute Gasteiger partial charge is 0.256 e. The number of carbonyl (C=O) groups is 2. The molecule has 142 valence electrons. The Hall–Kier alpha value is -4.26. The van der Waals surface area contributed by atoms with Crippen LogP contribution in [-0.2, 0) is 0 Å². The predicted molar refractivity (Wildman–Crippen MR) is 109 cm³/mol. The van der Waals surface area contributed by atoms with Gasteiger partial charge in [0.2, 0.25) is 0 Å². The molecular formula is C22H16N4O3. The number of fused-ring (bicyclic) bond motifs is 1. The van der Waals surface area contributed by atoms with Crippen LogP contribution in [0.3, 0.4) is 0 Å². The molecule has 0 radical (unpaired) electrons. The first-order chi connectivity index (χ1) is 14.1. The molecule has 3 aromatic carbocycles. The zero-order valence-electron chi connectivity index (χ0n) is 15.2. The van der Waals surface area contributed by atoms with Crippen molar-refractivity contribution in [1.29, 1.82) is 0 Å². The van der Waals surface area contributed by atoms with Crippen molar-refractivity contribution in [2.45, 2.75) is 0 Å². The van der Waals surface area contributed by atoms with Crippen molar-refractivity contribution in [1.82, 2.24) is 15.0 Å². The van der Waals surface area contributed by atoms with Gasteiger partial charge in [-0.25, -0.2) is 0 Å². The third-order valence-electron chi connectivity index (χ3n) is 4.36. The number of amides is 1. The van der Waals surface area contributed by atoms with Crippen molar-refractivity contribution in [3.05, 3.63) is 90.5 Å². The number of allylic oxidation sites excluding steroid dienone is 1. The highest BCUT2D eigenvalue weighted by Gasteiger charge is 2.16. The standard InChI is InChI=1S/C22H16N4O3/c1-2-20(27)15-7-3-4-8-16(15)22(29)23-14-11-12-21(28)19(13-14)26-24-17-9-5-6-10-18(17)25-26/h2-13,28H,1H2,(H,23,29). The number of hydrogen-bond donors (Lipinski definition) is 2. The molecule has 0 bridgehead atoms. The fraction of sp³-hybridized carbons (Fsp3) is 0. The van der Waals surface area contributed by atoms with Gasteiger partial charge in [-0.3, -0.25) is 9.59 Å². The molecule has 4 aromatic rings. The van der Waals surface area contributed by atoms with E-state index < -0.39 is 5.91 Å². The summed E-state index contributed by atoms with van der Waals surface area (Å²) in [6.45, 7) is 3.47. The Morgan fingerprint density at radius 2 is 1.55 bits per heavy atom. The topological polar surface area (TPSA) is 97.1 Å². The van der Waals surface area contributed by atoms with Gasteiger partial charge in [0, 0.05) is 11.3 Å². The fourth-order valence-corrected chi connectivity index (χ4v) is 2.93. The number of hydrogen-bond acceptors (Lipinski definition) is 5. The molecule has 7 heteroatoms. The molecule has 0 atom stereocenters. The van der Waals surface area contributed by atoms with E-state index in [1.54, 1.807) is 36.4 Å². The lowest BCUT2D eigenvalue weighted by atomic mass is 10.0. The van der Waals surface area contributed by atoms with E-state index in [4.69, 9.17) is 0 Å². The number of anilines is 1. The van der Waals surface area contributed by atoms with Crippen molar-refractivity contribution >= 4 is 28.4 Å². The third kappa shape index (κ3) is 3.49. The molecule has 1 amide bonds. The molecule has 7 nitrogen and oxygen atoms in total. The lowest BCUT2D eigenvalue weighted by Gasteiger charge is -2.10. The van der Waals surface area contributed by atoms with Crippen molar-refractivity contribution < 1.29 is 14.7 Å². The number of nitrogens with one attached hydrogen (secondary N) is 1. The van der Waals surface area contributed by atoms with Gasteiger partial charge < -0.3 is 10.4 Å². The molecule has 4 rings (SSSR count). The molecule has 0 saturated heterocycles. The zero-order valence-corrected chi connectivity index (χ0v) is 15.2. The first-order valence-electron chi connectivity index (χ1n) is 8.79. The van der Waals surface area contributed by atoms with Crippen LogP contribution in [0.25, 0.3) is 16.7 Å². The van der Waals surface area contributed by atoms with Crippen molar-refractivity contribution in [3.63, 3.8) is 0 Å². The van der Waals surface area contributed by atoms with E-state index >= 15 is 0 Å².